The number of aryl methyl sites for hydroxylation is 1. The van der Waals surface area contributed by atoms with E-state index in [9.17, 15) is 28.1 Å². The highest BCUT2D eigenvalue weighted by atomic mass is 32.2. The first-order valence-electron chi connectivity index (χ1n) is 9.65. The van der Waals surface area contributed by atoms with E-state index in [0.717, 1.165) is 12.1 Å². The standard InChI is InChI=1S/C21H18F3N3O5S/c1-3-12-8-14(32-18-7-4-13(27(30)31)9-15(18)21(22,23)24)5-6-16(12)25-11(2)19-26-17(10-33-19)20(28)29/h4-9,17H,3,10H2,1-2H3,(H,28,29)/t17-/m1/s1. The zero-order valence-electron chi connectivity index (χ0n) is 17.4. The number of alkyl halides is 3. The normalized spacial score (nSPS) is 16.5. The molecule has 1 atom stereocenters. The van der Waals surface area contributed by atoms with Gasteiger partial charge in [-0.1, -0.05) is 6.92 Å². The molecule has 0 saturated carbocycles. The largest absolute Gasteiger partial charge is 0.480 e. The summed E-state index contributed by atoms with van der Waals surface area (Å²) in [6.45, 7) is 3.54. The van der Waals surface area contributed by atoms with Crippen LogP contribution in [0.25, 0.3) is 0 Å². The summed E-state index contributed by atoms with van der Waals surface area (Å²) in [4.78, 5) is 29.7. The maximum absolute atomic E-state index is 13.4. The average molecular weight is 481 g/mol. The summed E-state index contributed by atoms with van der Waals surface area (Å²) >= 11 is 1.29. The molecule has 0 unspecified atom stereocenters. The molecule has 33 heavy (non-hydrogen) atoms. The van der Waals surface area contributed by atoms with Crippen molar-refractivity contribution in [3.8, 4) is 11.5 Å². The third kappa shape index (κ3) is 5.69. The average Bonchev–Trinajstić information content (AvgIpc) is 3.25. The zero-order valence-corrected chi connectivity index (χ0v) is 18.2. The van der Waals surface area contributed by atoms with Crippen molar-refractivity contribution in [3.63, 3.8) is 0 Å². The highest BCUT2D eigenvalue weighted by Crippen LogP contribution is 2.40. The van der Waals surface area contributed by atoms with E-state index < -0.39 is 40.1 Å². The Balaban J connectivity index is 1.90. The number of nitrogens with zero attached hydrogens (tertiary/aromatic N) is 3. The lowest BCUT2D eigenvalue weighted by atomic mass is 10.1. The van der Waals surface area contributed by atoms with Crippen LogP contribution in [0.3, 0.4) is 0 Å². The van der Waals surface area contributed by atoms with Gasteiger partial charge < -0.3 is 9.84 Å². The zero-order chi connectivity index (χ0) is 24.3. The lowest BCUT2D eigenvalue weighted by Gasteiger charge is -2.14. The molecule has 0 aromatic heterocycles. The molecule has 0 spiro atoms. The lowest BCUT2D eigenvalue weighted by Crippen LogP contribution is -2.17. The summed E-state index contributed by atoms with van der Waals surface area (Å²) in [7, 11) is 0. The van der Waals surface area contributed by atoms with E-state index in [4.69, 9.17) is 9.84 Å². The van der Waals surface area contributed by atoms with Gasteiger partial charge in [0.1, 0.15) is 22.1 Å². The van der Waals surface area contributed by atoms with E-state index in [1.54, 1.807) is 13.0 Å². The Hall–Kier alpha value is -3.41. The smallest absolute Gasteiger partial charge is 0.420 e. The molecule has 3 rings (SSSR count). The van der Waals surface area contributed by atoms with Crippen LogP contribution in [0.15, 0.2) is 46.4 Å². The number of non-ortho nitro benzene ring substituents is 1. The van der Waals surface area contributed by atoms with Crippen molar-refractivity contribution in [1.29, 1.82) is 0 Å². The summed E-state index contributed by atoms with van der Waals surface area (Å²) in [5.41, 5.74) is -0.189. The Morgan fingerprint density at radius 2 is 2.06 bits per heavy atom. The number of aliphatic carboxylic acids is 1. The second-order valence-electron chi connectivity index (χ2n) is 6.98. The molecule has 0 bridgehead atoms. The van der Waals surface area contributed by atoms with Crippen molar-refractivity contribution in [2.45, 2.75) is 32.5 Å². The van der Waals surface area contributed by atoms with E-state index in [-0.39, 0.29) is 5.75 Å². The predicted molar refractivity (Wildman–Crippen MR) is 118 cm³/mol. The Bertz CT molecular complexity index is 1160. The first-order valence-corrected chi connectivity index (χ1v) is 10.6. The fourth-order valence-corrected chi connectivity index (χ4v) is 4.00. The fraction of sp³-hybridized carbons (Fsp3) is 0.286. The van der Waals surface area contributed by atoms with Crippen LogP contribution >= 0.6 is 11.8 Å². The molecular formula is C21H18F3N3O5S. The number of ether oxygens (including phenoxy) is 1. The summed E-state index contributed by atoms with van der Waals surface area (Å²) in [5.74, 6) is -1.13. The molecule has 0 fully saturated rings. The number of halogens is 3. The highest BCUT2D eigenvalue weighted by Gasteiger charge is 2.36. The summed E-state index contributed by atoms with van der Waals surface area (Å²) in [6, 6.07) is 6.03. The van der Waals surface area contributed by atoms with Gasteiger partial charge in [-0.3, -0.25) is 20.1 Å². The molecule has 2 aromatic carbocycles. The van der Waals surface area contributed by atoms with Crippen molar-refractivity contribution in [2.75, 3.05) is 5.75 Å². The Morgan fingerprint density at radius 1 is 1.33 bits per heavy atom. The first kappa shape index (κ1) is 24.2. The van der Waals surface area contributed by atoms with Crippen LogP contribution in [0.2, 0.25) is 0 Å². The van der Waals surface area contributed by atoms with E-state index >= 15 is 0 Å². The maximum atomic E-state index is 13.4. The van der Waals surface area contributed by atoms with E-state index in [1.807, 2.05) is 6.92 Å². The number of thioether (sulfide) groups is 1. The molecule has 12 heteroatoms. The van der Waals surface area contributed by atoms with Gasteiger partial charge in [0.25, 0.3) is 5.69 Å². The molecule has 1 N–H and O–H groups in total. The van der Waals surface area contributed by atoms with Crippen molar-refractivity contribution < 1.29 is 32.7 Å². The van der Waals surface area contributed by atoms with Gasteiger partial charge >= 0.3 is 12.1 Å². The number of rotatable bonds is 7. The van der Waals surface area contributed by atoms with Gasteiger partial charge in [-0.25, -0.2) is 4.79 Å². The monoisotopic (exact) mass is 481 g/mol. The first-order chi connectivity index (χ1) is 15.5. The van der Waals surface area contributed by atoms with Gasteiger partial charge in [0.15, 0.2) is 6.04 Å². The molecule has 0 aliphatic carbocycles. The summed E-state index contributed by atoms with van der Waals surface area (Å²) in [6.07, 6.45) is -4.35. The minimum atomic E-state index is -4.84. The van der Waals surface area contributed by atoms with Crippen LogP contribution in [-0.2, 0) is 17.4 Å². The molecular weight excluding hydrogens is 463 g/mol. The molecule has 1 heterocycles. The Kier molecular flexibility index (Phi) is 7.06. The van der Waals surface area contributed by atoms with Crippen molar-refractivity contribution >= 4 is 39.9 Å². The lowest BCUT2D eigenvalue weighted by molar-refractivity contribution is -0.385. The molecule has 0 saturated heterocycles. The van der Waals surface area contributed by atoms with E-state index in [2.05, 4.69) is 9.98 Å². The predicted octanol–water partition coefficient (Wildman–Crippen LogP) is 5.66. The van der Waals surface area contributed by atoms with Crippen LogP contribution in [0.1, 0.15) is 25.0 Å². The number of hydrogen-bond donors (Lipinski definition) is 1. The van der Waals surface area contributed by atoms with Crippen LogP contribution in [0.4, 0.5) is 24.5 Å². The van der Waals surface area contributed by atoms with Crippen molar-refractivity contribution in [1.82, 2.24) is 0 Å². The topological polar surface area (TPSA) is 114 Å². The third-order valence-electron chi connectivity index (χ3n) is 4.67. The highest BCUT2D eigenvalue weighted by molar-refractivity contribution is 8.16. The number of aliphatic imine (C=N–C) groups is 2. The molecule has 8 nitrogen and oxygen atoms in total. The van der Waals surface area contributed by atoms with Crippen LogP contribution in [-0.4, -0.2) is 38.5 Å². The van der Waals surface area contributed by atoms with Crippen LogP contribution in [0.5, 0.6) is 11.5 Å². The number of nitro groups is 1. The molecule has 0 radical (unpaired) electrons. The molecule has 174 valence electrons. The van der Waals surface area contributed by atoms with Crippen LogP contribution in [0, 0.1) is 10.1 Å². The van der Waals surface area contributed by atoms with Gasteiger partial charge in [0, 0.05) is 17.9 Å². The SMILES string of the molecule is CCc1cc(Oc2ccc([N+](=O)[O-])cc2C(F)(F)F)ccc1N=C(C)C1=N[C@@H](C(=O)O)CS1. The second-order valence-corrected chi connectivity index (χ2v) is 7.99. The minimum Gasteiger partial charge on any atom is -0.480 e. The maximum Gasteiger partial charge on any atom is 0.420 e. The molecule has 2 aromatic rings. The summed E-state index contributed by atoms with van der Waals surface area (Å²) < 4.78 is 45.6. The Morgan fingerprint density at radius 3 is 2.64 bits per heavy atom. The van der Waals surface area contributed by atoms with Crippen LogP contribution < -0.4 is 4.74 Å². The number of hydrogen-bond acceptors (Lipinski definition) is 7. The second kappa shape index (κ2) is 9.61. The molecule has 1 aliphatic heterocycles. The van der Waals surface area contributed by atoms with Gasteiger partial charge in [0.05, 0.1) is 16.3 Å². The van der Waals surface area contributed by atoms with Gasteiger partial charge in [-0.15, -0.1) is 11.8 Å². The Labute approximate surface area is 190 Å². The minimum absolute atomic E-state index is 0.112. The number of carboxylic acids is 1. The summed E-state index contributed by atoms with van der Waals surface area (Å²) in [5, 5.41) is 20.4. The number of nitro benzene ring substituents is 1. The van der Waals surface area contributed by atoms with Crippen molar-refractivity contribution in [2.24, 2.45) is 9.98 Å². The van der Waals surface area contributed by atoms with Crippen molar-refractivity contribution in [3.05, 3.63) is 57.6 Å². The van der Waals surface area contributed by atoms with E-state index in [1.165, 1.54) is 23.9 Å². The fourth-order valence-electron chi connectivity index (χ4n) is 3.01. The third-order valence-corrected chi connectivity index (χ3v) is 5.83. The number of benzene rings is 2. The number of carboxylic acid groups (broad SMARTS) is 1. The van der Waals surface area contributed by atoms with E-state index in [0.29, 0.717) is 40.2 Å². The number of carbonyl (C=O) groups is 1. The van der Waals surface area contributed by atoms with Gasteiger partial charge in [-0.2, -0.15) is 13.2 Å². The van der Waals surface area contributed by atoms with Gasteiger partial charge in [0.2, 0.25) is 0 Å². The van der Waals surface area contributed by atoms with Gasteiger partial charge in [-0.05, 0) is 43.2 Å². The molecule has 1 aliphatic rings. The quantitative estimate of drug-likeness (QED) is 0.310. The molecule has 0 amide bonds.